The molecule has 3 rings (SSSR count). The maximum Gasteiger partial charge on any atom is 0.349 e. The topological polar surface area (TPSA) is 26.3 Å². The molecule has 0 unspecified atom stereocenters. The zero-order chi connectivity index (χ0) is 18.0. The Labute approximate surface area is 146 Å². The number of rotatable bonds is 3. The lowest BCUT2D eigenvalue weighted by atomic mass is 9.79. The Balaban J connectivity index is 1.80. The van der Waals surface area contributed by atoms with Crippen LogP contribution in [0.1, 0.15) is 60.0 Å². The highest BCUT2D eigenvalue weighted by Gasteiger charge is 2.25. The first-order chi connectivity index (χ1) is 11.9. The summed E-state index contributed by atoms with van der Waals surface area (Å²) in [6, 6.07) is 9.30. The van der Waals surface area contributed by atoms with Gasteiger partial charge in [0.25, 0.3) is 0 Å². The van der Waals surface area contributed by atoms with Crippen molar-refractivity contribution in [1.82, 2.24) is 0 Å². The summed E-state index contributed by atoms with van der Waals surface area (Å²) >= 11 is 0. The fourth-order valence-corrected chi connectivity index (χ4v) is 3.38. The van der Waals surface area contributed by atoms with Crippen molar-refractivity contribution >= 4 is 5.97 Å². The minimum Gasteiger partial charge on any atom is -0.423 e. The molecule has 0 spiro atoms. The number of hydrogen-bond donors (Lipinski definition) is 0. The van der Waals surface area contributed by atoms with E-state index < -0.39 is 23.2 Å². The van der Waals surface area contributed by atoms with E-state index in [1.165, 1.54) is 12.1 Å². The number of carbonyl (C=O) groups is 1. The molecule has 0 aliphatic heterocycles. The van der Waals surface area contributed by atoms with Gasteiger partial charge in [-0.25, -0.2) is 13.6 Å². The van der Waals surface area contributed by atoms with Gasteiger partial charge in [-0.15, -0.1) is 0 Å². The molecule has 132 valence electrons. The van der Waals surface area contributed by atoms with E-state index in [0.29, 0.717) is 11.5 Å². The first kappa shape index (κ1) is 17.6. The summed E-state index contributed by atoms with van der Waals surface area (Å²) in [5, 5.41) is 0. The van der Waals surface area contributed by atoms with Crippen LogP contribution in [0.2, 0.25) is 0 Å². The van der Waals surface area contributed by atoms with E-state index >= 15 is 0 Å². The fraction of sp³-hybridized carbons (Fsp3) is 0.381. The molecule has 2 aromatic carbocycles. The van der Waals surface area contributed by atoms with E-state index in [4.69, 9.17) is 4.74 Å². The molecule has 0 radical (unpaired) electrons. The molecular weight excluding hydrogens is 322 g/mol. The minimum absolute atomic E-state index is 0.155. The molecule has 0 aromatic heterocycles. The third kappa shape index (κ3) is 4.06. The van der Waals surface area contributed by atoms with Crippen molar-refractivity contribution in [2.24, 2.45) is 5.92 Å². The first-order valence-electron chi connectivity index (χ1n) is 8.72. The van der Waals surface area contributed by atoms with Gasteiger partial charge < -0.3 is 4.74 Å². The zero-order valence-corrected chi connectivity index (χ0v) is 14.5. The molecule has 2 aromatic rings. The lowest BCUT2D eigenvalue weighted by molar-refractivity contribution is 0.0724. The average molecular weight is 344 g/mol. The summed E-state index contributed by atoms with van der Waals surface area (Å²) < 4.78 is 33.9. The normalized spacial score (nSPS) is 20.3. The van der Waals surface area contributed by atoms with E-state index in [0.717, 1.165) is 31.2 Å². The van der Waals surface area contributed by atoms with Crippen LogP contribution in [0.4, 0.5) is 8.78 Å². The zero-order valence-electron chi connectivity index (χ0n) is 14.5. The summed E-state index contributed by atoms with van der Waals surface area (Å²) in [4.78, 5) is 12.2. The number of hydrogen-bond acceptors (Lipinski definition) is 2. The van der Waals surface area contributed by atoms with Crippen LogP contribution in [0.15, 0.2) is 36.4 Å². The van der Waals surface area contributed by atoms with Crippen LogP contribution in [0.25, 0.3) is 0 Å². The van der Waals surface area contributed by atoms with Gasteiger partial charge in [0.05, 0.1) is 0 Å². The largest absolute Gasteiger partial charge is 0.423 e. The third-order valence-electron chi connectivity index (χ3n) is 4.99. The van der Waals surface area contributed by atoms with E-state index in [1.807, 2.05) is 6.92 Å². The lowest BCUT2D eigenvalue weighted by Gasteiger charge is -2.26. The summed E-state index contributed by atoms with van der Waals surface area (Å²) in [7, 11) is 0. The Morgan fingerprint density at radius 1 is 1.00 bits per heavy atom. The highest BCUT2D eigenvalue weighted by atomic mass is 19.1. The Morgan fingerprint density at radius 2 is 1.56 bits per heavy atom. The Morgan fingerprint density at radius 3 is 2.12 bits per heavy atom. The average Bonchev–Trinajstić information content (AvgIpc) is 2.57. The van der Waals surface area contributed by atoms with E-state index in [2.05, 4.69) is 6.92 Å². The molecular formula is C21H22F2O2. The molecule has 1 fully saturated rings. The smallest absolute Gasteiger partial charge is 0.349 e. The maximum atomic E-state index is 14.4. The van der Waals surface area contributed by atoms with Gasteiger partial charge >= 0.3 is 5.97 Å². The van der Waals surface area contributed by atoms with Crippen molar-refractivity contribution in [3.05, 3.63) is 64.7 Å². The Hall–Kier alpha value is -2.23. The molecule has 25 heavy (non-hydrogen) atoms. The van der Waals surface area contributed by atoms with Gasteiger partial charge in [0.15, 0.2) is 0 Å². The monoisotopic (exact) mass is 344 g/mol. The summed E-state index contributed by atoms with van der Waals surface area (Å²) in [6.45, 7) is 4.09. The van der Waals surface area contributed by atoms with Crippen molar-refractivity contribution in [2.75, 3.05) is 0 Å². The van der Waals surface area contributed by atoms with Crippen LogP contribution in [0.3, 0.4) is 0 Å². The molecule has 1 aliphatic carbocycles. The van der Waals surface area contributed by atoms with Crippen LogP contribution < -0.4 is 4.74 Å². The van der Waals surface area contributed by atoms with Crippen LogP contribution in [0, 0.1) is 24.5 Å². The number of aryl methyl sites for hydroxylation is 1. The quantitative estimate of drug-likeness (QED) is 0.521. The van der Waals surface area contributed by atoms with Gasteiger partial charge in [0.2, 0.25) is 0 Å². The van der Waals surface area contributed by atoms with E-state index in [1.54, 1.807) is 24.3 Å². The third-order valence-corrected chi connectivity index (χ3v) is 4.99. The molecule has 0 heterocycles. The highest BCUT2D eigenvalue weighted by molar-refractivity contribution is 5.91. The van der Waals surface area contributed by atoms with E-state index in [-0.39, 0.29) is 11.7 Å². The number of benzene rings is 2. The van der Waals surface area contributed by atoms with Gasteiger partial charge in [-0.05, 0) is 61.4 Å². The molecule has 4 heteroatoms. The molecule has 0 amide bonds. The van der Waals surface area contributed by atoms with Crippen molar-refractivity contribution in [3.63, 3.8) is 0 Å². The fourth-order valence-electron chi connectivity index (χ4n) is 3.38. The molecule has 2 nitrogen and oxygen atoms in total. The van der Waals surface area contributed by atoms with E-state index in [9.17, 15) is 13.6 Å². The summed E-state index contributed by atoms with van der Waals surface area (Å²) in [5.41, 5.74) is 1.01. The second-order valence-electron chi connectivity index (χ2n) is 7.02. The van der Waals surface area contributed by atoms with Gasteiger partial charge in [0.1, 0.15) is 22.9 Å². The number of esters is 1. The Kier molecular flexibility index (Phi) is 5.16. The molecule has 0 N–H and O–H groups in total. The molecule has 0 saturated heterocycles. The number of carbonyl (C=O) groups excluding carboxylic acids is 1. The predicted molar refractivity (Wildman–Crippen MR) is 92.9 cm³/mol. The van der Waals surface area contributed by atoms with Crippen LogP contribution >= 0.6 is 0 Å². The van der Waals surface area contributed by atoms with Crippen molar-refractivity contribution < 1.29 is 18.3 Å². The SMILES string of the molecule is Cc1ccc(OC(=O)c2c(F)cc(C3CCC(C)CC3)cc2F)cc1. The van der Waals surface area contributed by atoms with Gasteiger partial charge in [0, 0.05) is 0 Å². The second kappa shape index (κ2) is 7.34. The summed E-state index contributed by atoms with van der Waals surface area (Å²) in [6.07, 6.45) is 3.97. The lowest BCUT2D eigenvalue weighted by Crippen LogP contribution is -2.16. The standard InChI is InChI=1S/C21H22F2O2/c1-13-3-7-15(8-4-13)16-11-18(22)20(19(23)12-16)21(24)25-17-9-5-14(2)6-10-17/h5-6,9-13,15H,3-4,7-8H2,1-2H3. The maximum absolute atomic E-state index is 14.4. The van der Waals surface area contributed by atoms with Crippen molar-refractivity contribution in [1.29, 1.82) is 0 Å². The number of ether oxygens (including phenoxy) is 1. The first-order valence-corrected chi connectivity index (χ1v) is 8.72. The molecule has 0 atom stereocenters. The van der Waals surface area contributed by atoms with Gasteiger partial charge in [-0.1, -0.05) is 37.5 Å². The van der Waals surface area contributed by atoms with Crippen LogP contribution in [-0.4, -0.2) is 5.97 Å². The molecule has 0 bridgehead atoms. The highest BCUT2D eigenvalue weighted by Crippen LogP contribution is 2.36. The second-order valence-corrected chi connectivity index (χ2v) is 7.02. The van der Waals surface area contributed by atoms with Gasteiger partial charge in [-0.2, -0.15) is 0 Å². The molecule has 1 aliphatic rings. The van der Waals surface area contributed by atoms with Gasteiger partial charge in [-0.3, -0.25) is 0 Å². The predicted octanol–water partition coefficient (Wildman–Crippen LogP) is 5.79. The van der Waals surface area contributed by atoms with Crippen LogP contribution in [-0.2, 0) is 0 Å². The summed E-state index contributed by atoms with van der Waals surface area (Å²) in [5.74, 6) is -1.64. The minimum atomic E-state index is -1.01. The van der Waals surface area contributed by atoms with Crippen molar-refractivity contribution in [2.45, 2.75) is 45.4 Å². The Bertz CT molecular complexity index is 737. The molecule has 1 saturated carbocycles. The van der Waals surface area contributed by atoms with Crippen LogP contribution in [0.5, 0.6) is 5.75 Å². The number of halogens is 2. The van der Waals surface area contributed by atoms with Crippen molar-refractivity contribution in [3.8, 4) is 5.75 Å².